The van der Waals surface area contributed by atoms with Crippen LogP contribution in [-0.2, 0) is 4.79 Å². The Morgan fingerprint density at radius 3 is 2.24 bits per heavy atom. The molecule has 0 spiro atoms. The number of carbonyl (C=O) groups excluding carboxylic acids is 2. The normalized spacial score (nSPS) is 12.9. The van der Waals surface area contributed by atoms with Crippen LogP contribution in [0.2, 0.25) is 0 Å². The Morgan fingerprint density at radius 1 is 1.04 bits per heavy atom. The summed E-state index contributed by atoms with van der Waals surface area (Å²) >= 11 is 0. The van der Waals surface area contributed by atoms with E-state index in [0.29, 0.717) is 17.9 Å². The monoisotopic (exact) mass is 339 g/mol. The molecule has 2 aromatic rings. The van der Waals surface area contributed by atoms with Crippen molar-refractivity contribution in [1.29, 1.82) is 0 Å². The fourth-order valence-electron chi connectivity index (χ4n) is 2.62. The molecule has 0 heterocycles. The smallest absolute Gasteiger partial charge is 0.260 e. The van der Waals surface area contributed by atoms with E-state index in [-0.39, 0.29) is 17.6 Å². The molecule has 0 unspecified atom stereocenters. The third kappa shape index (κ3) is 5.45. The fourth-order valence-corrected chi connectivity index (χ4v) is 2.62. The van der Waals surface area contributed by atoms with Crippen molar-refractivity contribution < 1.29 is 14.3 Å². The average Bonchev–Trinajstić information content (AvgIpc) is 2.63. The lowest BCUT2D eigenvalue weighted by atomic mass is 9.96. The molecule has 0 saturated carbocycles. The summed E-state index contributed by atoms with van der Waals surface area (Å²) in [5.74, 6) is 0.712. The second kappa shape index (κ2) is 9.02. The molecule has 0 fully saturated rings. The molecule has 0 bridgehead atoms. The van der Waals surface area contributed by atoms with Crippen LogP contribution in [0.1, 0.15) is 49.0 Å². The van der Waals surface area contributed by atoms with E-state index in [0.717, 1.165) is 6.42 Å². The van der Waals surface area contributed by atoms with Crippen molar-refractivity contribution in [2.75, 3.05) is 6.54 Å². The van der Waals surface area contributed by atoms with Crippen molar-refractivity contribution in [3.8, 4) is 5.75 Å². The number of benzene rings is 2. The number of amides is 1. The van der Waals surface area contributed by atoms with Gasteiger partial charge >= 0.3 is 0 Å². The summed E-state index contributed by atoms with van der Waals surface area (Å²) in [6.45, 7) is 5.93. The SMILES string of the molecule is CC[C@H](CNC(=O)[C@@H](C)Oc1ccc(C(C)=O)cc1)c1ccccc1. The minimum Gasteiger partial charge on any atom is -0.481 e. The predicted molar refractivity (Wildman–Crippen MR) is 99.0 cm³/mol. The van der Waals surface area contributed by atoms with Gasteiger partial charge in [0.15, 0.2) is 11.9 Å². The molecule has 25 heavy (non-hydrogen) atoms. The number of hydrogen-bond donors (Lipinski definition) is 1. The average molecular weight is 339 g/mol. The molecule has 2 rings (SSSR count). The number of carbonyl (C=O) groups is 2. The number of ketones is 1. The first-order valence-electron chi connectivity index (χ1n) is 8.61. The summed E-state index contributed by atoms with van der Waals surface area (Å²) in [5.41, 5.74) is 1.84. The first kappa shape index (κ1) is 18.7. The maximum atomic E-state index is 12.3. The van der Waals surface area contributed by atoms with E-state index in [9.17, 15) is 9.59 Å². The van der Waals surface area contributed by atoms with Crippen molar-refractivity contribution in [2.45, 2.75) is 39.2 Å². The zero-order chi connectivity index (χ0) is 18.2. The van der Waals surface area contributed by atoms with Gasteiger partial charge in [0.1, 0.15) is 5.75 Å². The van der Waals surface area contributed by atoms with Crippen LogP contribution in [0.15, 0.2) is 54.6 Å². The molecular weight excluding hydrogens is 314 g/mol. The highest BCUT2D eigenvalue weighted by Gasteiger charge is 2.17. The van der Waals surface area contributed by atoms with Gasteiger partial charge in [-0.05, 0) is 50.1 Å². The number of Topliss-reactive ketones (excluding diaryl/α,β-unsaturated/α-hetero) is 1. The molecule has 0 aliphatic rings. The molecule has 4 nitrogen and oxygen atoms in total. The van der Waals surface area contributed by atoms with Crippen molar-refractivity contribution in [1.82, 2.24) is 5.32 Å². The van der Waals surface area contributed by atoms with Crippen LogP contribution in [0.4, 0.5) is 0 Å². The molecule has 0 aromatic heterocycles. The highest BCUT2D eigenvalue weighted by molar-refractivity contribution is 5.94. The Kier molecular flexibility index (Phi) is 6.75. The summed E-state index contributed by atoms with van der Waals surface area (Å²) in [6.07, 6.45) is 0.350. The summed E-state index contributed by atoms with van der Waals surface area (Å²) in [6, 6.07) is 17.0. The Balaban J connectivity index is 1.88. The Hall–Kier alpha value is -2.62. The predicted octanol–water partition coefficient (Wildman–Crippen LogP) is 3.97. The summed E-state index contributed by atoms with van der Waals surface area (Å²) in [5, 5.41) is 2.96. The van der Waals surface area contributed by atoms with Crippen LogP contribution in [-0.4, -0.2) is 24.3 Å². The minimum absolute atomic E-state index is 0.00357. The number of ether oxygens (including phenoxy) is 1. The topological polar surface area (TPSA) is 55.4 Å². The zero-order valence-electron chi connectivity index (χ0n) is 15.0. The van der Waals surface area contributed by atoms with Gasteiger partial charge in [0.2, 0.25) is 0 Å². The van der Waals surface area contributed by atoms with E-state index in [1.807, 2.05) is 18.2 Å². The van der Waals surface area contributed by atoms with Gasteiger partial charge in [-0.2, -0.15) is 0 Å². The largest absolute Gasteiger partial charge is 0.481 e. The van der Waals surface area contributed by atoms with Crippen LogP contribution >= 0.6 is 0 Å². The lowest BCUT2D eigenvalue weighted by Crippen LogP contribution is -2.38. The molecule has 2 atom stereocenters. The van der Waals surface area contributed by atoms with Gasteiger partial charge < -0.3 is 10.1 Å². The van der Waals surface area contributed by atoms with Gasteiger partial charge in [0.05, 0.1) is 0 Å². The maximum Gasteiger partial charge on any atom is 0.260 e. The second-order valence-corrected chi connectivity index (χ2v) is 6.10. The van der Waals surface area contributed by atoms with Gasteiger partial charge in [0, 0.05) is 18.0 Å². The van der Waals surface area contributed by atoms with Crippen molar-refractivity contribution >= 4 is 11.7 Å². The van der Waals surface area contributed by atoms with Gasteiger partial charge in [-0.25, -0.2) is 0 Å². The first-order chi connectivity index (χ1) is 12.0. The number of hydrogen-bond acceptors (Lipinski definition) is 3. The first-order valence-corrected chi connectivity index (χ1v) is 8.61. The number of nitrogens with one attached hydrogen (secondary N) is 1. The zero-order valence-corrected chi connectivity index (χ0v) is 15.0. The molecule has 1 amide bonds. The minimum atomic E-state index is -0.601. The van der Waals surface area contributed by atoms with E-state index in [4.69, 9.17) is 4.74 Å². The van der Waals surface area contributed by atoms with E-state index >= 15 is 0 Å². The van der Waals surface area contributed by atoms with Gasteiger partial charge in [-0.15, -0.1) is 0 Å². The van der Waals surface area contributed by atoms with Gasteiger partial charge in [-0.3, -0.25) is 9.59 Å². The third-order valence-corrected chi connectivity index (χ3v) is 4.23. The second-order valence-electron chi connectivity index (χ2n) is 6.10. The van der Waals surface area contributed by atoms with Crippen LogP contribution in [0, 0.1) is 0 Å². The van der Waals surface area contributed by atoms with Crippen LogP contribution in [0.5, 0.6) is 5.75 Å². The van der Waals surface area contributed by atoms with Gasteiger partial charge in [0.25, 0.3) is 5.91 Å². The molecule has 4 heteroatoms. The summed E-state index contributed by atoms with van der Waals surface area (Å²) in [7, 11) is 0. The Morgan fingerprint density at radius 2 is 1.68 bits per heavy atom. The van der Waals surface area contributed by atoms with E-state index in [1.54, 1.807) is 31.2 Å². The van der Waals surface area contributed by atoms with Crippen LogP contribution in [0.25, 0.3) is 0 Å². The quantitative estimate of drug-likeness (QED) is 0.741. The van der Waals surface area contributed by atoms with E-state index in [2.05, 4.69) is 24.4 Å². The fraction of sp³-hybridized carbons (Fsp3) is 0.333. The lowest BCUT2D eigenvalue weighted by Gasteiger charge is -2.19. The highest BCUT2D eigenvalue weighted by atomic mass is 16.5. The highest BCUT2D eigenvalue weighted by Crippen LogP contribution is 2.18. The van der Waals surface area contributed by atoms with Crippen LogP contribution < -0.4 is 10.1 Å². The summed E-state index contributed by atoms with van der Waals surface area (Å²) < 4.78 is 5.66. The van der Waals surface area contributed by atoms with E-state index < -0.39 is 6.10 Å². The molecule has 0 aliphatic heterocycles. The lowest BCUT2D eigenvalue weighted by molar-refractivity contribution is -0.127. The summed E-state index contributed by atoms with van der Waals surface area (Å²) in [4.78, 5) is 23.6. The van der Waals surface area contributed by atoms with Crippen LogP contribution in [0.3, 0.4) is 0 Å². The standard InChI is InChI=1S/C21H25NO3/c1-4-17(19-8-6-5-7-9-19)14-22-21(24)16(3)25-20-12-10-18(11-13-20)15(2)23/h5-13,16-17H,4,14H2,1-3H3,(H,22,24)/t16-,17-/m1/s1. The van der Waals surface area contributed by atoms with Crippen molar-refractivity contribution in [3.05, 3.63) is 65.7 Å². The molecule has 0 aliphatic carbocycles. The molecule has 0 radical (unpaired) electrons. The molecule has 1 N–H and O–H groups in total. The molecule has 132 valence electrons. The van der Waals surface area contributed by atoms with Crippen molar-refractivity contribution in [3.63, 3.8) is 0 Å². The molecule has 2 aromatic carbocycles. The van der Waals surface area contributed by atoms with E-state index in [1.165, 1.54) is 12.5 Å². The third-order valence-electron chi connectivity index (χ3n) is 4.23. The van der Waals surface area contributed by atoms with Gasteiger partial charge in [-0.1, -0.05) is 37.3 Å². The molecular formula is C21H25NO3. The Labute approximate surface area is 149 Å². The Bertz CT molecular complexity index is 695. The molecule has 0 saturated heterocycles. The maximum absolute atomic E-state index is 12.3. The van der Waals surface area contributed by atoms with Crippen molar-refractivity contribution in [2.24, 2.45) is 0 Å². The number of rotatable bonds is 8.